The van der Waals surface area contributed by atoms with E-state index in [4.69, 9.17) is 13.9 Å². The number of esters is 1. The molecule has 0 saturated carbocycles. The molecule has 0 amide bonds. The van der Waals surface area contributed by atoms with Crippen LogP contribution in [0.4, 0.5) is 0 Å². The van der Waals surface area contributed by atoms with Gasteiger partial charge in [-0.2, -0.15) is 0 Å². The summed E-state index contributed by atoms with van der Waals surface area (Å²) in [6, 6.07) is 19.8. The highest BCUT2D eigenvalue weighted by atomic mass is 16.5. The van der Waals surface area contributed by atoms with Crippen molar-refractivity contribution in [3.63, 3.8) is 0 Å². The number of ether oxygens (including phenoxy) is 2. The van der Waals surface area contributed by atoms with Gasteiger partial charge in [0.15, 0.2) is 5.78 Å². The molecule has 0 saturated heterocycles. The average Bonchev–Trinajstić information content (AvgIpc) is 3.14. The van der Waals surface area contributed by atoms with Crippen molar-refractivity contribution >= 4 is 28.8 Å². The first-order chi connectivity index (χ1) is 16.0. The number of aryl methyl sites for hydroxylation is 2. The lowest BCUT2D eigenvalue weighted by atomic mass is 10.1. The number of ketones is 1. The van der Waals surface area contributed by atoms with E-state index in [1.54, 1.807) is 61.5 Å². The summed E-state index contributed by atoms with van der Waals surface area (Å²) >= 11 is 0. The lowest BCUT2D eigenvalue weighted by Gasteiger charge is -2.08. The molecule has 5 nitrogen and oxygen atoms in total. The van der Waals surface area contributed by atoms with Crippen LogP contribution in [0.1, 0.15) is 44.5 Å². The third kappa shape index (κ3) is 4.88. The van der Waals surface area contributed by atoms with Crippen molar-refractivity contribution in [1.82, 2.24) is 0 Å². The van der Waals surface area contributed by atoms with Crippen LogP contribution in [0.15, 0.2) is 77.2 Å². The van der Waals surface area contributed by atoms with E-state index >= 15 is 0 Å². The van der Waals surface area contributed by atoms with Crippen LogP contribution in [0.25, 0.3) is 17.0 Å². The van der Waals surface area contributed by atoms with Crippen molar-refractivity contribution in [2.24, 2.45) is 0 Å². The summed E-state index contributed by atoms with van der Waals surface area (Å²) in [7, 11) is 0. The quantitative estimate of drug-likeness (QED) is 0.141. The van der Waals surface area contributed by atoms with Crippen LogP contribution in [0, 0.1) is 13.8 Å². The molecule has 0 aliphatic rings. The van der Waals surface area contributed by atoms with Gasteiger partial charge in [-0.25, -0.2) is 4.79 Å². The number of benzene rings is 3. The van der Waals surface area contributed by atoms with Gasteiger partial charge in [0, 0.05) is 16.5 Å². The molecular weight excluding hydrogens is 416 g/mol. The predicted octanol–water partition coefficient (Wildman–Crippen LogP) is 6.56. The molecule has 0 spiro atoms. The van der Waals surface area contributed by atoms with E-state index in [1.165, 1.54) is 6.08 Å². The summed E-state index contributed by atoms with van der Waals surface area (Å²) in [6.45, 7) is 6.11. The maximum atomic E-state index is 13.1. The molecule has 0 aliphatic heterocycles. The minimum Gasteiger partial charge on any atom is -0.494 e. The number of rotatable bonds is 7. The number of furan rings is 1. The van der Waals surface area contributed by atoms with E-state index in [1.807, 2.05) is 32.0 Å². The summed E-state index contributed by atoms with van der Waals surface area (Å²) in [5, 5.41) is 0.631. The number of hydrogen-bond donors (Lipinski definition) is 0. The van der Waals surface area contributed by atoms with Gasteiger partial charge in [0.1, 0.15) is 28.4 Å². The van der Waals surface area contributed by atoms with Gasteiger partial charge in [0.25, 0.3) is 0 Å². The minimum absolute atomic E-state index is 0.128. The van der Waals surface area contributed by atoms with Crippen LogP contribution in [-0.4, -0.2) is 18.4 Å². The smallest absolute Gasteiger partial charge is 0.347 e. The topological polar surface area (TPSA) is 65.7 Å². The van der Waals surface area contributed by atoms with E-state index < -0.39 is 5.97 Å². The zero-order valence-electron chi connectivity index (χ0n) is 18.8. The van der Waals surface area contributed by atoms with Gasteiger partial charge < -0.3 is 13.9 Å². The Morgan fingerprint density at radius 1 is 0.970 bits per heavy atom. The van der Waals surface area contributed by atoms with Crippen LogP contribution in [-0.2, 0) is 0 Å². The van der Waals surface area contributed by atoms with E-state index in [9.17, 15) is 9.59 Å². The summed E-state index contributed by atoms with van der Waals surface area (Å²) in [5.74, 6) is 0.802. The normalized spacial score (nSPS) is 11.1. The van der Waals surface area contributed by atoms with E-state index in [0.717, 1.165) is 5.56 Å². The second-order valence-corrected chi connectivity index (χ2v) is 7.62. The molecule has 0 aliphatic carbocycles. The second-order valence-electron chi connectivity index (χ2n) is 7.62. The molecule has 0 fully saturated rings. The third-order valence-corrected chi connectivity index (χ3v) is 5.22. The van der Waals surface area contributed by atoms with Gasteiger partial charge in [0.2, 0.25) is 0 Å². The summed E-state index contributed by atoms with van der Waals surface area (Å²) in [4.78, 5) is 25.6. The Morgan fingerprint density at radius 3 is 2.48 bits per heavy atom. The fourth-order valence-electron chi connectivity index (χ4n) is 3.55. The summed E-state index contributed by atoms with van der Waals surface area (Å²) < 4.78 is 17.0. The molecule has 1 heterocycles. The first kappa shape index (κ1) is 22.1. The van der Waals surface area contributed by atoms with Crippen molar-refractivity contribution in [1.29, 1.82) is 0 Å². The maximum Gasteiger partial charge on any atom is 0.347 e. The molecule has 0 atom stereocenters. The van der Waals surface area contributed by atoms with Crippen molar-refractivity contribution in [2.75, 3.05) is 6.61 Å². The number of fused-ring (bicyclic) bond motifs is 1. The first-order valence-corrected chi connectivity index (χ1v) is 10.7. The Kier molecular flexibility index (Phi) is 6.41. The van der Waals surface area contributed by atoms with E-state index in [2.05, 4.69) is 0 Å². The molecule has 4 rings (SSSR count). The Morgan fingerprint density at radius 2 is 1.73 bits per heavy atom. The fourth-order valence-corrected chi connectivity index (χ4v) is 3.55. The van der Waals surface area contributed by atoms with E-state index in [0.29, 0.717) is 51.5 Å². The van der Waals surface area contributed by atoms with Gasteiger partial charge in [0.05, 0.1) is 6.61 Å². The molecule has 1 aromatic heterocycles. The first-order valence-electron chi connectivity index (χ1n) is 10.7. The lowest BCUT2D eigenvalue weighted by Crippen LogP contribution is -2.10. The second kappa shape index (κ2) is 9.57. The van der Waals surface area contributed by atoms with Crippen molar-refractivity contribution < 1.29 is 23.5 Å². The van der Waals surface area contributed by atoms with Crippen LogP contribution < -0.4 is 9.47 Å². The number of para-hydroxylation sites is 1. The third-order valence-electron chi connectivity index (χ3n) is 5.22. The Bertz CT molecular complexity index is 1340. The highest BCUT2D eigenvalue weighted by Crippen LogP contribution is 2.31. The molecule has 0 N–H and O–H groups in total. The van der Waals surface area contributed by atoms with Crippen LogP contribution in [0.2, 0.25) is 0 Å². The van der Waals surface area contributed by atoms with Crippen LogP contribution in [0.5, 0.6) is 11.5 Å². The van der Waals surface area contributed by atoms with Crippen molar-refractivity contribution in [2.45, 2.75) is 20.8 Å². The molecule has 4 aromatic rings. The average molecular weight is 440 g/mol. The Labute approximate surface area is 192 Å². The van der Waals surface area contributed by atoms with Gasteiger partial charge >= 0.3 is 5.97 Å². The number of carbonyl (C=O) groups is 2. The van der Waals surface area contributed by atoms with Crippen LogP contribution in [0.3, 0.4) is 0 Å². The van der Waals surface area contributed by atoms with Crippen LogP contribution >= 0.6 is 0 Å². The highest BCUT2D eigenvalue weighted by molar-refractivity contribution is 6.07. The summed E-state index contributed by atoms with van der Waals surface area (Å²) in [5.41, 5.74) is 3.23. The fraction of sp³-hybridized carbons (Fsp3) is 0.143. The molecule has 5 heteroatoms. The predicted molar refractivity (Wildman–Crippen MR) is 128 cm³/mol. The highest BCUT2D eigenvalue weighted by Gasteiger charge is 2.21. The number of carbonyl (C=O) groups excluding carboxylic acids is 2. The molecule has 0 bridgehead atoms. The molecule has 33 heavy (non-hydrogen) atoms. The molecular formula is C28H24O5. The zero-order chi connectivity index (χ0) is 23.4. The van der Waals surface area contributed by atoms with Gasteiger partial charge in [-0.3, -0.25) is 4.79 Å². The molecule has 3 aromatic carbocycles. The Balaban J connectivity index is 1.60. The molecule has 0 unspecified atom stereocenters. The lowest BCUT2D eigenvalue weighted by molar-refractivity contribution is 0.0734. The summed E-state index contributed by atoms with van der Waals surface area (Å²) in [6.07, 6.45) is 3.13. The number of hydrogen-bond acceptors (Lipinski definition) is 5. The largest absolute Gasteiger partial charge is 0.494 e. The number of allylic oxidation sites excluding steroid dienone is 1. The zero-order valence-corrected chi connectivity index (χ0v) is 18.8. The van der Waals surface area contributed by atoms with Gasteiger partial charge in [-0.15, -0.1) is 0 Å². The standard InChI is InChI=1S/C28H24O5/c1-4-31-22-14-16-26-23(17-22)27(19(3)32-26)28(30)33-25-8-6-5-7-21(25)13-15-24(29)20-11-9-18(2)10-12-20/h5-17H,4H2,1-3H3. The molecule has 0 radical (unpaired) electrons. The van der Waals surface area contributed by atoms with Gasteiger partial charge in [-0.1, -0.05) is 48.0 Å². The van der Waals surface area contributed by atoms with Gasteiger partial charge in [-0.05, 0) is 57.2 Å². The Hall–Kier alpha value is -4.12. The van der Waals surface area contributed by atoms with Crippen molar-refractivity contribution in [3.05, 3.63) is 101 Å². The molecule has 166 valence electrons. The minimum atomic E-state index is -0.536. The maximum absolute atomic E-state index is 13.1. The SMILES string of the molecule is CCOc1ccc2oc(C)c(C(=O)Oc3ccccc3C=CC(=O)c3ccc(C)cc3)c2c1. The van der Waals surface area contributed by atoms with Crippen molar-refractivity contribution in [3.8, 4) is 11.5 Å². The monoisotopic (exact) mass is 440 g/mol. The van der Waals surface area contributed by atoms with E-state index in [-0.39, 0.29) is 5.78 Å².